The van der Waals surface area contributed by atoms with Crippen molar-refractivity contribution >= 4 is 26.8 Å². The van der Waals surface area contributed by atoms with Crippen molar-refractivity contribution in [3.8, 4) is 11.4 Å². The van der Waals surface area contributed by atoms with Crippen LogP contribution in [-0.4, -0.2) is 21.5 Å². The summed E-state index contributed by atoms with van der Waals surface area (Å²) >= 11 is 3.36. The summed E-state index contributed by atoms with van der Waals surface area (Å²) in [6.45, 7) is 0.639. The lowest BCUT2D eigenvalue weighted by atomic mass is 10.2. The summed E-state index contributed by atoms with van der Waals surface area (Å²) in [4.78, 5) is 17.3. The normalized spacial score (nSPS) is 10.7. The average molecular weight is 344 g/mol. The Kier molecular flexibility index (Phi) is 4.01. The summed E-state index contributed by atoms with van der Waals surface area (Å²) in [5.74, 6) is 0.625. The standard InChI is InChI=1S/C16H14BrN3O/c17-10-11-18-20-15(12-6-2-1-3-7-12)19-14-9-5-4-8-13(14)16(20)21/h1-9,18H,10-11H2. The average Bonchev–Trinajstić information content (AvgIpc) is 2.55. The van der Waals surface area contributed by atoms with Crippen molar-refractivity contribution in [2.24, 2.45) is 0 Å². The Balaban J connectivity index is 2.28. The highest BCUT2D eigenvalue weighted by Crippen LogP contribution is 2.17. The second kappa shape index (κ2) is 6.10. The van der Waals surface area contributed by atoms with Gasteiger partial charge in [0.1, 0.15) is 0 Å². The SMILES string of the molecule is O=c1c2ccccc2nc(-c2ccccc2)n1NCCBr. The van der Waals surface area contributed by atoms with Crippen LogP contribution in [0.2, 0.25) is 0 Å². The molecule has 0 aliphatic carbocycles. The van der Waals surface area contributed by atoms with Gasteiger partial charge in [-0.3, -0.25) is 4.79 Å². The first-order valence-corrected chi connectivity index (χ1v) is 7.80. The fourth-order valence-corrected chi connectivity index (χ4v) is 2.39. The molecule has 21 heavy (non-hydrogen) atoms. The zero-order valence-electron chi connectivity index (χ0n) is 11.3. The summed E-state index contributed by atoms with van der Waals surface area (Å²) in [6, 6.07) is 17.1. The molecule has 5 heteroatoms. The van der Waals surface area contributed by atoms with Crippen molar-refractivity contribution < 1.29 is 0 Å². The van der Waals surface area contributed by atoms with Gasteiger partial charge in [0.25, 0.3) is 5.56 Å². The zero-order valence-corrected chi connectivity index (χ0v) is 12.9. The van der Waals surface area contributed by atoms with Crippen LogP contribution in [-0.2, 0) is 0 Å². The van der Waals surface area contributed by atoms with Gasteiger partial charge in [0.05, 0.1) is 10.9 Å². The molecule has 0 unspecified atom stereocenters. The van der Waals surface area contributed by atoms with E-state index in [0.717, 1.165) is 10.9 Å². The van der Waals surface area contributed by atoms with E-state index in [9.17, 15) is 4.79 Å². The lowest BCUT2D eigenvalue weighted by Crippen LogP contribution is -2.32. The third kappa shape index (κ3) is 2.69. The molecule has 1 heterocycles. The highest BCUT2D eigenvalue weighted by Gasteiger charge is 2.11. The molecule has 1 aromatic heterocycles. The van der Waals surface area contributed by atoms with Crippen LogP contribution >= 0.6 is 15.9 Å². The number of fused-ring (bicyclic) bond motifs is 1. The molecule has 0 bridgehead atoms. The van der Waals surface area contributed by atoms with Crippen LogP contribution < -0.4 is 11.0 Å². The molecule has 0 saturated heterocycles. The van der Waals surface area contributed by atoms with Gasteiger partial charge in [0.2, 0.25) is 0 Å². The highest BCUT2D eigenvalue weighted by molar-refractivity contribution is 9.09. The number of rotatable bonds is 4. The van der Waals surface area contributed by atoms with E-state index >= 15 is 0 Å². The minimum Gasteiger partial charge on any atom is -0.320 e. The molecule has 0 amide bonds. The molecule has 0 spiro atoms. The molecule has 0 fully saturated rings. The number of hydrogen-bond acceptors (Lipinski definition) is 3. The van der Waals surface area contributed by atoms with Crippen LogP contribution in [0.4, 0.5) is 0 Å². The molecule has 4 nitrogen and oxygen atoms in total. The van der Waals surface area contributed by atoms with Gasteiger partial charge >= 0.3 is 0 Å². The summed E-state index contributed by atoms with van der Waals surface area (Å²) in [7, 11) is 0. The van der Waals surface area contributed by atoms with Crippen LogP contribution in [0.25, 0.3) is 22.3 Å². The smallest absolute Gasteiger partial charge is 0.280 e. The Bertz CT molecular complexity index is 815. The Labute approximate surface area is 130 Å². The van der Waals surface area contributed by atoms with E-state index in [0.29, 0.717) is 23.3 Å². The number of alkyl halides is 1. The van der Waals surface area contributed by atoms with Gasteiger partial charge < -0.3 is 5.43 Å². The third-order valence-corrected chi connectivity index (χ3v) is 3.57. The Hall–Kier alpha value is -2.14. The Morgan fingerprint density at radius 2 is 1.76 bits per heavy atom. The molecule has 0 radical (unpaired) electrons. The van der Waals surface area contributed by atoms with Gasteiger partial charge in [-0.25, -0.2) is 9.66 Å². The topological polar surface area (TPSA) is 46.9 Å². The van der Waals surface area contributed by atoms with E-state index < -0.39 is 0 Å². The van der Waals surface area contributed by atoms with Gasteiger partial charge in [-0.2, -0.15) is 0 Å². The first kappa shape index (κ1) is 13.8. The number of halogens is 1. The molecule has 0 aliphatic rings. The van der Waals surface area contributed by atoms with E-state index in [2.05, 4.69) is 26.3 Å². The van der Waals surface area contributed by atoms with Gasteiger partial charge in [-0.15, -0.1) is 0 Å². The summed E-state index contributed by atoms with van der Waals surface area (Å²) in [6.07, 6.45) is 0. The first-order chi connectivity index (χ1) is 10.3. The van der Waals surface area contributed by atoms with Crippen LogP contribution in [0.3, 0.4) is 0 Å². The van der Waals surface area contributed by atoms with Crippen LogP contribution in [0, 0.1) is 0 Å². The number of para-hydroxylation sites is 1. The van der Waals surface area contributed by atoms with Crippen LogP contribution in [0.5, 0.6) is 0 Å². The van der Waals surface area contributed by atoms with E-state index in [1.807, 2.05) is 48.5 Å². The lowest BCUT2D eigenvalue weighted by Gasteiger charge is -2.14. The minimum absolute atomic E-state index is 0.0830. The molecule has 0 atom stereocenters. The van der Waals surface area contributed by atoms with Crippen LogP contribution in [0.15, 0.2) is 59.4 Å². The molecule has 1 N–H and O–H groups in total. The maximum Gasteiger partial charge on any atom is 0.280 e. The second-order valence-electron chi connectivity index (χ2n) is 4.56. The molecule has 0 saturated carbocycles. The summed E-state index contributed by atoms with van der Waals surface area (Å²) < 4.78 is 1.53. The Morgan fingerprint density at radius 1 is 1.05 bits per heavy atom. The van der Waals surface area contributed by atoms with Crippen molar-refractivity contribution in [3.05, 3.63) is 65.0 Å². The molecule has 3 aromatic rings. The fourth-order valence-electron chi connectivity index (χ4n) is 2.21. The number of nitrogens with zero attached hydrogens (tertiary/aromatic N) is 2. The number of nitrogens with one attached hydrogen (secondary N) is 1. The molecular formula is C16H14BrN3O. The van der Waals surface area contributed by atoms with Crippen LogP contribution in [0.1, 0.15) is 0 Å². The van der Waals surface area contributed by atoms with Crippen molar-refractivity contribution in [1.82, 2.24) is 9.66 Å². The quantitative estimate of drug-likeness (QED) is 0.740. The lowest BCUT2D eigenvalue weighted by molar-refractivity contribution is 0.825. The summed E-state index contributed by atoms with van der Waals surface area (Å²) in [5, 5.41) is 1.36. The van der Waals surface area contributed by atoms with Gasteiger partial charge in [-0.1, -0.05) is 58.4 Å². The largest absolute Gasteiger partial charge is 0.320 e. The van der Waals surface area contributed by atoms with E-state index in [4.69, 9.17) is 0 Å². The molecule has 0 aliphatic heterocycles. The van der Waals surface area contributed by atoms with E-state index in [1.54, 1.807) is 6.07 Å². The van der Waals surface area contributed by atoms with Crippen molar-refractivity contribution in [2.45, 2.75) is 0 Å². The van der Waals surface area contributed by atoms with Gasteiger partial charge in [-0.05, 0) is 12.1 Å². The van der Waals surface area contributed by atoms with E-state index in [-0.39, 0.29) is 5.56 Å². The molecule has 106 valence electrons. The maximum atomic E-state index is 12.7. The highest BCUT2D eigenvalue weighted by atomic mass is 79.9. The summed E-state index contributed by atoms with van der Waals surface area (Å²) in [5.41, 5.74) is 4.65. The Morgan fingerprint density at radius 3 is 2.52 bits per heavy atom. The predicted molar refractivity (Wildman–Crippen MR) is 89.5 cm³/mol. The van der Waals surface area contributed by atoms with Crippen molar-refractivity contribution in [1.29, 1.82) is 0 Å². The molecular weight excluding hydrogens is 330 g/mol. The van der Waals surface area contributed by atoms with Gasteiger partial charge in [0, 0.05) is 17.4 Å². The van der Waals surface area contributed by atoms with Crippen molar-refractivity contribution in [2.75, 3.05) is 17.3 Å². The maximum absolute atomic E-state index is 12.7. The first-order valence-electron chi connectivity index (χ1n) is 6.68. The predicted octanol–water partition coefficient (Wildman–Crippen LogP) is 3.00. The number of benzene rings is 2. The van der Waals surface area contributed by atoms with E-state index in [1.165, 1.54) is 4.68 Å². The van der Waals surface area contributed by atoms with Crippen molar-refractivity contribution in [3.63, 3.8) is 0 Å². The number of aromatic nitrogens is 2. The monoisotopic (exact) mass is 343 g/mol. The van der Waals surface area contributed by atoms with Gasteiger partial charge in [0.15, 0.2) is 5.82 Å². The molecule has 3 rings (SSSR count). The third-order valence-electron chi connectivity index (χ3n) is 3.17. The second-order valence-corrected chi connectivity index (χ2v) is 5.35. The minimum atomic E-state index is -0.0830. The molecule has 2 aromatic carbocycles. The number of hydrogen-bond donors (Lipinski definition) is 1. The zero-order chi connectivity index (χ0) is 14.7. The fraction of sp³-hybridized carbons (Fsp3) is 0.125.